The third kappa shape index (κ3) is 3.87. The van der Waals surface area contributed by atoms with Crippen LogP contribution in [-0.4, -0.2) is 7.11 Å². The summed E-state index contributed by atoms with van der Waals surface area (Å²) < 4.78 is 5.48. The molecule has 0 saturated heterocycles. The average Bonchev–Trinajstić information content (AvgIpc) is 2.55. The summed E-state index contributed by atoms with van der Waals surface area (Å²) in [5, 5.41) is 6.87. The molecule has 0 bridgehead atoms. The van der Waals surface area contributed by atoms with E-state index in [0.717, 1.165) is 28.5 Å². The molecular formula is C21H22N2O. The Morgan fingerprint density at radius 1 is 0.667 bits per heavy atom. The SMILES string of the molecule is COc1ccc(Nc2cccc(C)c2)cc1Nc1cccc(C)c1. The maximum absolute atomic E-state index is 5.48. The van der Waals surface area contributed by atoms with Gasteiger partial charge in [0.15, 0.2) is 0 Å². The zero-order chi connectivity index (χ0) is 16.9. The number of benzene rings is 3. The van der Waals surface area contributed by atoms with E-state index >= 15 is 0 Å². The van der Waals surface area contributed by atoms with E-state index in [1.54, 1.807) is 7.11 Å². The molecule has 3 heteroatoms. The molecule has 0 fully saturated rings. The molecule has 0 aromatic heterocycles. The number of ether oxygens (including phenoxy) is 1. The molecule has 24 heavy (non-hydrogen) atoms. The van der Waals surface area contributed by atoms with Gasteiger partial charge in [-0.25, -0.2) is 0 Å². The Bertz CT molecular complexity index is 843. The minimum Gasteiger partial charge on any atom is -0.495 e. The van der Waals surface area contributed by atoms with E-state index in [-0.39, 0.29) is 0 Å². The summed E-state index contributed by atoms with van der Waals surface area (Å²) in [5.74, 6) is 0.811. The van der Waals surface area contributed by atoms with Crippen LogP contribution in [0.25, 0.3) is 0 Å². The van der Waals surface area contributed by atoms with Crippen molar-refractivity contribution in [2.75, 3.05) is 17.7 Å². The van der Waals surface area contributed by atoms with Gasteiger partial charge in [-0.05, 0) is 67.4 Å². The van der Waals surface area contributed by atoms with Crippen LogP contribution < -0.4 is 15.4 Å². The molecule has 0 heterocycles. The second kappa shape index (κ2) is 7.09. The summed E-state index contributed by atoms with van der Waals surface area (Å²) in [6, 6.07) is 22.6. The predicted molar refractivity (Wildman–Crippen MR) is 102 cm³/mol. The minimum absolute atomic E-state index is 0.811. The molecule has 0 aliphatic heterocycles. The number of nitrogens with one attached hydrogen (secondary N) is 2. The summed E-state index contributed by atoms with van der Waals surface area (Å²) in [5.41, 5.74) is 6.50. The first kappa shape index (κ1) is 15.9. The Balaban J connectivity index is 1.87. The number of rotatable bonds is 5. The Morgan fingerprint density at radius 3 is 1.83 bits per heavy atom. The minimum atomic E-state index is 0.811. The maximum Gasteiger partial charge on any atom is 0.142 e. The van der Waals surface area contributed by atoms with E-state index in [1.807, 2.05) is 30.3 Å². The third-order valence-corrected chi connectivity index (χ3v) is 3.80. The predicted octanol–water partition coefficient (Wildman–Crippen LogP) is 5.80. The highest BCUT2D eigenvalue weighted by Crippen LogP contribution is 2.32. The van der Waals surface area contributed by atoms with Gasteiger partial charge in [-0.3, -0.25) is 0 Å². The third-order valence-electron chi connectivity index (χ3n) is 3.80. The largest absolute Gasteiger partial charge is 0.495 e. The van der Waals surface area contributed by atoms with E-state index in [4.69, 9.17) is 4.74 Å². The molecule has 0 aliphatic carbocycles. The molecule has 2 N–H and O–H groups in total. The molecule has 0 amide bonds. The zero-order valence-electron chi connectivity index (χ0n) is 14.3. The Labute approximate surface area is 143 Å². The van der Waals surface area contributed by atoms with Gasteiger partial charge >= 0.3 is 0 Å². The lowest BCUT2D eigenvalue weighted by Crippen LogP contribution is -1.97. The van der Waals surface area contributed by atoms with Crippen molar-refractivity contribution < 1.29 is 4.74 Å². The second-order valence-electron chi connectivity index (χ2n) is 5.90. The fourth-order valence-electron chi connectivity index (χ4n) is 2.65. The van der Waals surface area contributed by atoms with Crippen LogP contribution in [0.15, 0.2) is 66.7 Å². The van der Waals surface area contributed by atoms with Crippen molar-refractivity contribution in [1.29, 1.82) is 0 Å². The molecule has 3 nitrogen and oxygen atoms in total. The van der Waals surface area contributed by atoms with Crippen molar-refractivity contribution >= 4 is 22.7 Å². The maximum atomic E-state index is 5.48. The lowest BCUT2D eigenvalue weighted by Gasteiger charge is -2.14. The van der Waals surface area contributed by atoms with Crippen molar-refractivity contribution in [3.05, 3.63) is 77.9 Å². The highest BCUT2D eigenvalue weighted by atomic mass is 16.5. The van der Waals surface area contributed by atoms with Crippen molar-refractivity contribution in [3.63, 3.8) is 0 Å². The summed E-state index contributed by atoms with van der Waals surface area (Å²) in [6.07, 6.45) is 0. The highest BCUT2D eigenvalue weighted by molar-refractivity contribution is 5.73. The van der Waals surface area contributed by atoms with Crippen molar-refractivity contribution in [2.24, 2.45) is 0 Å². The number of methoxy groups -OCH3 is 1. The van der Waals surface area contributed by atoms with Crippen LogP contribution in [0, 0.1) is 13.8 Å². The van der Waals surface area contributed by atoms with Gasteiger partial charge in [-0.15, -0.1) is 0 Å². The molecule has 0 spiro atoms. The normalized spacial score (nSPS) is 10.3. The molecule has 0 radical (unpaired) electrons. The number of hydrogen-bond donors (Lipinski definition) is 2. The summed E-state index contributed by atoms with van der Waals surface area (Å²) in [4.78, 5) is 0. The van der Waals surface area contributed by atoms with Crippen molar-refractivity contribution in [3.8, 4) is 5.75 Å². The molecule has 0 saturated carbocycles. The van der Waals surface area contributed by atoms with Gasteiger partial charge in [-0.2, -0.15) is 0 Å². The van der Waals surface area contributed by atoms with E-state index in [2.05, 4.69) is 60.9 Å². The Morgan fingerprint density at radius 2 is 1.25 bits per heavy atom. The molecular weight excluding hydrogens is 296 g/mol. The van der Waals surface area contributed by atoms with E-state index < -0.39 is 0 Å². The Kier molecular flexibility index (Phi) is 4.71. The van der Waals surface area contributed by atoms with Gasteiger partial charge in [0.1, 0.15) is 5.75 Å². The first-order valence-corrected chi connectivity index (χ1v) is 7.99. The van der Waals surface area contributed by atoms with E-state index in [9.17, 15) is 0 Å². The number of hydrogen-bond acceptors (Lipinski definition) is 3. The number of anilines is 4. The van der Waals surface area contributed by atoms with Crippen molar-refractivity contribution in [2.45, 2.75) is 13.8 Å². The first-order chi connectivity index (χ1) is 11.6. The van der Waals surface area contributed by atoms with Gasteiger partial charge in [-0.1, -0.05) is 24.3 Å². The average molecular weight is 318 g/mol. The van der Waals surface area contributed by atoms with Crippen molar-refractivity contribution in [1.82, 2.24) is 0 Å². The molecule has 122 valence electrons. The number of aryl methyl sites for hydroxylation is 2. The van der Waals surface area contributed by atoms with Crippen LogP contribution in [0.2, 0.25) is 0 Å². The molecule has 0 unspecified atom stereocenters. The lowest BCUT2D eigenvalue weighted by atomic mass is 10.2. The van der Waals surface area contributed by atoms with Crippen LogP contribution >= 0.6 is 0 Å². The highest BCUT2D eigenvalue weighted by Gasteiger charge is 2.06. The molecule has 3 rings (SSSR count). The molecule has 0 atom stereocenters. The molecule has 3 aromatic carbocycles. The summed E-state index contributed by atoms with van der Waals surface area (Å²) in [6.45, 7) is 4.17. The Hall–Kier alpha value is -2.94. The quantitative estimate of drug-likeness (QED) is 0.624. The van der Waals surface area contributed by atoms with Crippen LogP contribution in [0.5, 0.6) is 5.75 Å². The lowest BCUT2D eigenvalue weighted by molar-refractivity contribution is 0.417. The summed E-state index contributed by atoms with van der Waals surface area (Å²) >= 11 is 0. The monoisotopic (exact) mass is 318 g/mol. The van der Waals surface area contributed by atoms with Gasteiger partial charge in [0.25, 0.3) is 0 Å². The van der Waals surface area contributed by atoms with Gasteiger partial charge < -0.3 is 15.4 Å². The standard InChI is InChI=1S/C21H22N2O/c1-15-6-4-8-17(12-15)22-19-10-11-21(24-3)20(14-19)23-18-9-5-7-16(2)13-18/h4-14,22-23H,1-3H3. The molecule has 3 aromatic rings. The van der Waals surface area contributed by atoms with Gasteiger partial charge in [0.05, 0.1) is 12.8 Å². The first-order valence-electron chi connectivity index (χ1n) is 7.99. The summed E-state index contributed by atoms with van der Waals surface area (Å²) in [7, 11) is 1.68. The fourth-order valence-corrected chi connectivity index (χ4v) is 2.65. The smallest absolute Gasteiger partial charge is 0.142 e. The fraction of sp³-hybridized carbons (Fsp3) is 0.143. The van der Waals surface area contributed by atoms with E-state index in [1.165, 1.54) is 11.1 Å². The zero-order valence-corrected chi connectivity index (χ0v) is 14.3. The van der Waals surface area contributed by atoms with Crippen LogP contribution in [0.4, 0.5) is 22.7 Å². The van der Waals surface area contributed by atoms with Gasteiger partial charge in [0.2, 0.25) is 0 Å². The topological polar surface area (TPSA) is 33.3 Å². The van der Waals surface area contributed by atoms with Crippen LogP contribution in [-0.2, 0) is 0 Å². The van der Waals surface area contributed by atoms with E-state index in [0.29, 0.717) is 0 Å². The van der Waals surface area contributed by atoms with Gasteiger partial charge in [0, 0.05) is 17.1 Å². The van der Waals surface area contributed by atoms with Crippen LogP contribution in [0.3, 0.4) is 0 Å². The van der Waals surface area contributed by atoms with Crippen LogP contribution in [0.1, 0.15) is 11.1 Å². The molecule has 0 aliphatic rings. The second-order valence-corrected chi connectivity index (χ2v) is 5.90.